The molecule has 0 N–H and O–H groups in total. The lowest BCUT2D eigenvalue weighted by Gasteiger charge is -2.25. The Balaban J connectivity index is 1.67. The van der Waals surface area contributed by atoms with Gasteiger partial charge in [-0.05, 0) is 48.0 Å². The molecule has 0 fully saturated rings. The summed E-state index contributed by atoms with van der Waals surface area (Å²) in [5.41, 5.74) is 1.90. The molecule has 1 aliphatic heterocycles. The molecule has 0 aliphatic carbocycles. The zero-order chi connectivity index (χ0) is 18.8. The summed E-state index contributed by atoms with van der Waals surface area (Å²) in [6, 6.07) is 15.4. The fourth-order valence-electron chi connectivity index (χ4n) is 2.95. The number of aromatic nitrogens is 1. The van der Waals surface area contributed by atoms with Crippen LogP contribution in [0.25, 0.3) is 6.08 Å². The van der Waals surface area contributed by atoms with Crippen LogP contribution < -0.4 is 29.3 Å². The van der Waals surface area contributed by atoms with Crippen molar-refractivity contribution in [3.05, 3.63) is 73.8 Å². The fourth-order valence-corrected chi connectivity index (χ4v) is 3.91. The number of benzene rings is 2. The van der Waals surface area contributed by atoms with Crippen LogP contribution in [0.15, 0.2) is 58.3 Å². The molecule has 0 saturated carbocycles. The molecule has 138 valence electrons. The number of methoxy groups -OCH3 is 2. The summed E-state index contributed by atoms with van der Waals surface area (Å²) in [5, 5.41) is 0. The van der Waals surface area contributed by atoms with Crippen molar-refractivity contribution in [1.82, 2.24) is 4.57 Å². The van der Waals surface area contributed by atoms with Gasteiger partial charge in [0, 0.05) is 5.69 Å². The normalized spacial score (nSPS) is 13.9. The van der Waals surface area contributed by atoms with Gasteiger partial charge in [0.25, 0.3) is 5.56 Å². The molecule has 0 atom stereocenters. The topological polar surface area (TPSA) is 56.1 Å². The lowest BCUT2D eigenvalue weighted by molar-refractivity contribution is 0.414. The van der Waals surface area contributed by atoms with Gasteiger partial charge in [-0.3, -0.25) is 9.36 Å². The van der Waals surface area contributed by atoms with Gasteiger partial charge in [-0.2, -0.15) is 0 Å². The van der Waals surface area contributed by atoms with Gasteiger partial charge in [-0.25, -0.2) is 4.99 Å². The quantitative estimate of drug-likeness (QED) is 0.692. The molecule has 1 aromatic heterocycles. The molecule has 2 heterocycles. The zero-order valence-corrected chi connectivity index (χ0v) is 15.9. The molecule has 0 amide bonds. The lowest BCUT2D eigenvalue weighted by atomic mass is 10.2. The van der Waals surface area contributed by atoms with Gasteiger partial charge >= 0.3 is 0 Å². The molecule has 7 heteroatoms. The molecule has 0 unspecified atom stereocenters. The molecular weight excluding hydrogens is 362 g/mol. The maximum atomic E-state index is 12.9. The Morgan fingerprint density at radius 1 is 1.07 bits per heavy atom. The highest BCUT2D eigenvalue weighted by Gasteiger charge is 2.16. The van der Waals surface area contributed by atoms with Gasteiger partial charge < -0.3 is 14.4 Å². The van der Waals surface area contributed by atoms with Gasteiger partial charge in [0.2, 0.25) is 0 Å². The first kappa shape index (κ1) is 17.4. The number of anilines is 1. The summed E-state index contributed by atoms with van der Waals surface area (Å²) < 4.78 is 12.8. The number of fused-ring (bicyclic) bond motifs is 1. The molecule has 0 bridgehead atoms. The third kappa shape index (κ3) is 3.46. The predicted octanol–water partition coefficient (Wildman–Crippen LogP) is 1.81. The minimum atomic E-state index is -0.0280. The van der Waals surface area contributed by atoms with Crippen LogP contribution in [0.1, 0.15) is 5.56 Å². The first-order chi connectivity index (χ1) is 13.2. The minimum absolute atomic E-state index is 0.0280. The van der Waals surface area contributed by atoms with Crippen LogP contribution in [0, 0.1) is 0 Å². The maximum absolute atomic E-state index is 12.9. The summed E-state index contributed by atoms with van der Waals surface area (Å²) in [6.07, 6.45) is 1.88. The summed E-state index contributed by atoms with van der Waals surface area (Å²) in [6.45, 7) is 0.997. The van der Waals surface area contributed by atoms with E-state index in [1.54, 1.807) is 18.8 Å². The van der Waals surface area contributed by atoms with Crippen molar-refractivity contribution in [1.29, 1.82) is 0 Å². The van der Waals surface area contributed by atoms with E-state index < -0.39 is 0 Å². The van der Waals surface area contributed by atoms with Crippen LogP contribution in [0.2, 0.25) is 0 Å². The van der Waals surface area contributed by atoms with Crippen LogP contribution in [0.4, 0.5) is 5.69 Å². The molecule has 2 aromatic carbocycles. The Hall–Kier alpha value is -3.06. The van der Waals surface area contributed by atoms with Crippen molar-refractivity contribution in [2.75, 3.05) is 25.8 Å². The first-order valence-corrected chi connectivity index (χ1v) is 9.28. The monoisotopic (exact) mass is 381 g/mol. The number of rotatable bonds is 4. The second kappa shape index (κ2) is 7.28. The highest BCUT2D eigenvalue weighted by Crippen LogP contribution is 2.20. The van der Waals surface area contributed by atoms with E-state index in [0.29, 0.717) is 17.9 Å². The van der Waals surface area contributed by atoms with Gasteiger partial charge in [-0.15, -0.1) is 0 Å². The Morgan fingerprint density at radius 2 is 1.85 bits per heavy atom. The Morgan fingerprint density at radius 3 is 2.59 bits per heavy atom. The Labute approximate surface area is 160 Å². The van der Waals surface area contributed by atoms with E-state index in [1.807, 2.05) is 54.6 Å². The largest absolute Gasteiger partial charge is 0.497 e. The standard InChI is InChI=1S/C20H19N3O3S/c1-25-16-8-6-15(7-9-16)22-12-21-20-23(13-22)19(24)18(27-20)11-14-4-3-5-17(10-14)26-2/h3-11H,12-13H2,1-2H3/b18-11-. The third-order valence-corrected chi connectivity index (χ3v) is 5.45. The van der Waals surface area contributed by atoms with E-state index in [2.05, 4.69) is 9.89 Å². The molecule has 27 heavy (non-hydrogen) atoms. The number of hydrogen-bond donors (Lipinski definition) is 0. The summed E-state index contributed by atoms with van der Waals surface area (Å²) in [7, 11) is 3.27. The van der Waals surface area contributed by atoms with E-state index in [-0.39, 0.29) is 5.56 Å². The third-order valence-electron chi connectivity index (χ3n) is 4.41. The Kier molecular flexibility index (Phi) is 4.68. The molecule has 3 aromatic rings. The highest BCUT2D eigenvalue weighted by molar-refractivity contribution is 7.07. The van der Waals surface area contributed by atoms with E-state index in [0.717, 1.165) is 27.6 Å². The van der Waals surface area contributed by atoms with E-state index in [9.17, 15) is 4.79 Å². The molecule has 0 saturated heterocycles. The maximum Gasteiger partial charge on any atom is 0.271 e. The summed E-state index contributed by atoms with van der Waals surface area (Å²) in [4.78, 5) is 20.2. The van der Waals surface area contributed by atoms with E-state index in [4.69, 9.17) is 9.47 Å². The average molecular weight is 381 g/mol. The number of nitrogens with zero attached hydrogens (tertiary/aromatic N) is 3. The number of ether oxygens (including phenoxy) is 2. The van der Waals surface area contributed by atoms with Crippen molar-refractivity contribution in [2.45, 2.75) is 6.67 Å². The van der Waals surface area contributed by atoms with Gasteiger partial charge in [-0.1, -0.05) is 23.5 Å². The molecule has 1 aliphatic rings. The second-order valence-corrected chi connectivity index (χ2v) is 7.09. The highest BCUT2D eigenvalue weighted by atomic mass is 32.1. The molecular formula is C20H19N3O3S. The van der Waals surface area contributed by atoms with E-state index in [1.165, 1.54) is 11.3 Å². The average Bonchev–Trinajstić information content (AvgIpc) is 3.03. The fraction of sp³-hybridized carbons (Fsp3) is 0.200. The number of thiazole rings is 1. The van der Waals surface area contributed by atoms with Crippen molar-refractivity contribution < 1.29 is 9.47 Å². The SMILES string of the molecule is COc1ccc(N2CN=c3s/c(=C\c4cccc(OC)c4)c(=O)n3C2)cc1. The van der Waals surface area contributed by atoms with Crippen LogP contribution >= 0.6 is 11.3 Å². The molecule has 0 spiro atoms. The summed E-state index contributed by atoms with van der Waals surface area (Å²) in [5.74, 6) is 1.57. The van der Waals surface area contributed by atoms with Crippen molar-refractivity contribution in [3.63, 3.8) is 0 Å². The van der Waals surface area contributed by atoms with Crippen LogP contribution in [-0.2, 0) is 6.67 Å². The molecule has 4 rings (SSSR count). The van der Waals surface area contributed by atoms with Crippen LogP contribution in [-0.4, -0.2) is 25.5 Å². The van der Waals surface area contributed by atoms with Gasteiger partial charge in [0.05, 0.1) is 18.8 Å². The van der Waals surface area contributed by atoms with Crippen molar-refractivity contribution in [3.8, 4) is 11.5 Å². The van der Waals surface area contributed by atoms with Crippen molar-refractivity contribution >= 4 is 23.1 Å². The Bertz CT molecular complexity index is 1130. The molecule has 0 radical (unpaired) electrons. The van der Waals surface area contributed by atoms with Crippen LogP contribution in [0.3, 0.4) is 0 Å². The van der Waals surface area contributed by atoms with Gasteiger partial charge in [0.15, 0.2) is 4.80 Å². The first-order valence-electron chi connectivity index (χ1n) is 8.47. The van der Waals surface area contributed by atoms with Crippen molar-refractivity contribution in [2.24, 2.45) is 4.99 Å². The molecule has 6 nitrogen and oxygen atoms in total. The van der Waals surface area contributed by atoms with Gasteiger partial charge in [0.1, 0.15) is 24.8 Å². The predicted molar refractivity (Wildman–Crippen MR) is 106 cm³/mol. The number of hydrogen-bond acceptors (Lipinski definition) is 6. The lowest BCUT2D eigenvalue weighted by Crippen LogP contribution is -2.42. The summed E-state index contributed by atoms with van der Waals surface area (Å²) >= 11 is 1.41. The van der Waals surface area contributed by atoms with E-state index >= 15 is 0 Å². The second-order valence-electron chi connectivity index (χ2n) is 6.08. The van der Waals surface area contributed by atoms with Crippen LogP contribution in [0.5, 0.6) is 11.5 Å². The zero-order valence-electron chi connectivity index (χ0n) is 15.1. The minimum Gasteiger partial charge on any atom is -0.497 e. The smallest absolute Gasteiger partial charge is 0.271 e.